The predicted octanol–water partition coefficient (Wildman–Crippen LogP) is 1.85. The number of hydrogen-bond acceptors (Lipinski definition) is 5. The highest BCUT2D eigenvalue weighted by Gasteiger charge is 2.19. The molecular weight excluding hydrogens is 316 g/mol. The van der Waals surface area contributed by atoms with E-state index in [4.69, 9.17) is 10.00 Å². The molecule has 1 aromatic rings. The van der Waals surface area contributed by atoms with E-state index in [0.717, 1.165) is 19.3 Å². The number of nitrogens with zero attached hydrogens (tertiary/aromatic N) is 1. The Balaban J connectivity index is 1.82. The summed E-state index contributed by atoms with van der Waals surface area (Å²) in [6, 6.07) is 8.20. The number of nitrogens with one attached hydrogen (secondary N) is 1. The molecular formula is C16H20N2O4S. The van der Waals surface area contributed by atoms with Crippen LogP contribution in [0.3, 0.4) is 0 Å². The Labute approximate surface area is 136 Å². The minimum Gasteiger partial charge on any atom is -0.378 e. The summed E-state index contributed by atoms with van der Waals surface area (Å²) in [5, 5.41) is 8.71. The van der Waals surface area contributed by atoms with Crippen molar-refractivity contribution in [2.45, 2.75) is 44.0 Å². The van der Waals surface area contributed by atoms with E-state index in [1.807, 2.05) is 6.07 Å². The van der Waals surface area contributed by atoms with Gasteiger partial charge in [-0.05, 0) is 43.4 Å². The SMILES string of the molecule is N#Cc1ccc(CS(=O)(=O)NC(=O)CC[C@@H]2CCCCO2)cc1. The highest BCUT2D eigenvalue weighted by molar-refractivity contribution is 7.89. The number of carbonyl (C=O) groups is 1. The van der Waals surface area contributed by atoms with Gasteiger partial charge in [-0.3, -0.25) is 9.52 Å². The van der Waals surface area contributed by atoms with Gasteiger partial charge in [0.15, 0.2) is 0 Å². The van der Waals surface area contributed by atoms with Crippen LogP contribution >= 0.6 is 0 Å². The Bertz CT molecular complexity index is 671. The Hall–Kier alpha value is -1.91. The third-order valence-corrected chi connectivity index (χ3v) is 4.93. The van der Waals surface area contributed by atoms with E-state index in [9.17, 15) is 13.2 Å². The number of ether oxygens (including phenoxy) is 1. The minimum absolute atomic E-state index is 0.0516. The van der Waals surface area contributed by atoms with Crippen LogP contribution in [0.2, 0.25) is 0 Å². The molecule has 0 aromatic heterocycles. The average molecular weight is 336 g/mol. The topological polar surface area (TPSA) is 96.3 Å². The molecule has 1 fully saturated rings. The number of carbonyl (C=O) groups excluding carboxylic acids is 1. The first-order valence-electron chi connectivity index (χ1n) is 7.62. The van der Waals surface area contributed by atoms with Crippen molar-refractivity contribution in [3.63, 3.8) is 0 Å². The van der Waals surface area contributed by atoms with E-state index in [1.54, 1.807) is 24.3 Å². The molecule has 124 valence electrons. The zero-order valence-electron chi connectivity index (χ0n) is 12.8. The standard InChI is InChI=1S/C16H20N2O4S/c17-11-13-4-6-14(7-5-13)12-23(20,21)18-16(19)9-8-15-3-1-2-10-22-15/h4-7,15H,1-3,8-10,12H2,(H,18,19)/t15-/m0/s1. The molecule has 2 rings (SSSR count). The van der Waals surface area contributed by atoms with E-state index in [1.165, 1.54) is 0 Å². The van der Waals surface area contributed by atoms with Gasteiger partial charge in [0.1, 0.15) is 0 Å². The highest BCUT2D eigenvalue weighted by Crippen LogP contribution is 2.17. The van der Waals surface area contributed by atoms with Gasteiger partial charge in [0, 0.05) is 13.0 Å². The smallest absolute Gasteiger partial charge is 0.239 e. The molecule has 0 bridgehead atoms. The molecule has 1 heterocycles. The summed E-state index contributed by atoms with van der Waals surface area (Å²) < 4.78 is 31.6. The molecule has 0 aliphatic carbocycles. The molecule has 1 atom stereocenters. The van der Waals surface area contributed by atoms with Crippen LogP contribution in [-0.4, -0.2) is 27.0 Å². The van der Waals surface area contributed by atoms with E-state index in [2.05, 4.69) is 4.72 Å². The number of nitriles is 1. The number of benzene rings is 1. The van der Waals surface area contributed by atoms with Crippen molar-refractivity contribution < 1.29 is 17.9 Å². The van der Waals surface area contributed by atoms with Crippen LogP contribution in [0.4, 0.5) is 0 Å². The average Bonchev–Trinajstić information content (AvgIpc) is 2.54. The molecule has 0 unspecified atom stereocenters. The maximum absolute atomic E-state index is 12.0. The van der Waals surface area contributed by atoms with E-state index < -0.39 is 15.9 Å². The van der Waals surface area contributed by atoms with Crippen LogP contribution in [0.25, 0.3) is 0 Å². The van der Waals surface area contributed by atoms with Crippen LogP contribution in [0, 0.1) is 11.3 Å². The largest absolute Gasteiger partial charge is 0.378 e. The summed E-state index contributed by atoms with van der Waals surface area (Å²) in [4.78, 5) is 11.8. The quantitative estimate of drug-likeness (QED) is 0.855. The lowest BCUT2D eigenvalue weighted by molar-refractivity contribution is -0.120. The maximum atomic E-state index is 12.0. The Morgan fingerprint density at radius 3 is 2.65 bits per heavy atom. The summed E-state index contributed by atoms with van der Waals surface area (Å²) in [6.45, 7) is 0.712. The van der Waals surface area contributed by atoms with Gasteiger partial charge in [0.05, 0.1) is 23.5 Å². The van der Waals surface area contributed by atoms with Crippen molar-refractivity contribution in [1.82, 2.24) is 4.72 Å². The fourth-order valence-corrected chi connectivity index (χ4v) is 3.64. The third-order valence-electron chi connectivity index (χ3n) is 3.68. The molecule has 1 N–H and O–H groups in total. The van der Waals surface area contributed by atoms with Crippen molar-refractivity contribution in [3.8, 4) is 6.07 Å². The second-order valence-corrected chi connectivity index (χ2v) is 7.34. The lowest BCUT2D eigenvalue weighted by Crippen LogP contribution is -2.32. The minimum atomic E-state index is -3.73. The number of amides is 1. The van der Waals surface area contributed by atoms with Gasteiger partial charge in [0.2, 0.25) is 15.9 Å². The van der Waals surface area contributed by atoms with Crippen molar-refractivity contribution in [2.24, 2.45) is 0 Å². The van der Waals surface area contributed by atoms with Gasteiger partial charge in [-0.2, -0.15) is 5.26 Å². The first-order chi connectivity index (χ1) is 11.0. The molecule has 7 heteroatoms. The lowest BCUT2D eigenvalue weighted by Gasteiger charge is -2.22. The van der Waals surface area contributed by atoms with Crippen molar-refractivity contribution in [1.29, 1.82) is 5.26 Å². The molecule has 1 aromatic carbocycles. The highest BCUT2D eigenvalue weighted by atomic mass is 32.2. The molecule has 0 radical (unpaired) electrons. The second kappa shape index (κ2) is 8.09. The Kier molecular flexibility index (Phi) is 6.13. The van der Waals surface area contributed by atoms with E-state index >= 15 is 0 Å². The third kappa shape index (κ3) is 6.00. The van der Waals surface area contributed by atoms with Crippen molar-refractivity contribution in [2.75, 3.05) is 6.61 Å². The second-order valence-electron chi connectivity index (χ2n) is 5.62. The van der Waals surface area contributed by atoms with Crippen molar-refractivity contribution in [3.05, 3.63) is 35.4 Å². The van der Waals surface area contributed by atoms with Gasteiger partial charge in [0.25, 0.3) is 0 Å². The summed E-state index contributed by atoms with van der Waals surface area (Å²) in [6.07, 6.45) is 3.78. The van der Waals surface area contributed by atoms with Crippen LogP contribution in [0.15, 0.2) is 24.3 Å². The summed E-state index contributed by atoms with van der Waals surface area (Å²) in [5.74, 6) is -0.794. The normalized spacial score (nSPS) is 18.1. The van der Waals surface area contributed by atoms with Crippen LogP contribution in [0.5, 0.6) is 0 Å². The zero-order valence-corrected chi connectivity index (χ0v) is 13.6. The number of hydrogen-bond donors (Lipinski definition) is 1. The number of rotatable bonds is 6. The lowest BCUT2D eigenvalue weighted by atomic mass is 10.0. The van der Waals surface area contributed by atoms with Crippen LogP contribution in [0.1, 0.15) is 43.2 Å². The van der Waals surface area contributed by atoms with E-state index in [-0.39, 0.29) is 18.3 Å². The van der Waals surface area contributed by atoms with Gasteiger partial charge < -0.3 is 4.74 Å². The van der Waals surface area contributed by atoms with Gasteiger partial charge in [-0.25, -0.2) is 8.42 Å². The van der Waals surface area contributed by atoms with Crippen molar-refractivity contribution >= 4 is 15.9 Å². The fraction of sp³-hybridized carbons (Fsp3) is 0.500. The molecule has 1 amide bonds. The fourth-order valence-electron chi connectivity index (χ4n) is 2.48. The molecule has 23 heavy (non-hydrogen) atoms. The molecule has 1 aliphatic rings. The van der Waals surface area contributed by atoms with Gasteiger partial charge >= 0.3 is 0 Å². The first-order valence-corrected chi connectivity index (χ1v) is 9.28. The summed E-state index contributed by atoms with van der Waals surface area (Å²) in [7, 11) is -3.73. The first kappa shape index (κ1) is 17.4. The predicted molar refractivity (Wildman–Crippen MR) is 84.7 cm³/mol. The molecule has 0 spiro atoms. The Morgan fingerprint density at radius 1 is 1.30 bits per heavy atom. The summed E-state index contributed by atoms with van der Waals surface area (Å²) in [5.41, 5.74) is 0.988. The van der Waals surface area contributed by atoms with E-state index in [0.29, 0.717) is 24.2 Å². The molecule has 0 saturated carbocycles. The summed E-state index contributed by atoms with van der Waals surface area (Å²) >= 11 is 0. The molecule has 1 aliphatic heterocycles. The molecule has 6 nitrogen and oxygen atoms in total. The maximum Gasteiger partial charge on any atom is 0.239 e. The zero-order chi connectivity index (χ0) is 16.7. The van der Waals surface area contributed by atoms with Crippen LogP contribution in [-0.2, 0) is 25.3 Å². The van der Waals surface area contributed by atoms with Gasteiger partial charge in [-0.1, -0.05) is 12.1 Å². The number of sulfonamides is 1. The van der Waals surface area contributed by atoms with Crippen LogP contribution < -0.4 is 4.72 Å². The molecule has 1 saturated heterocycles. The van der Waals surface area contributed by atoms with Gasteiger partial charge in [-0.15, -0.1) is 0 Å². The Morgan fingerprint density at radius 2 is 2.04 bits per heavy atom. The monoisotopic (exact) mass is 336 g/mol.